The van der Waals surface area contributed by atoms with Crippen LogP contribution in [0.3, 0.4) is 0 Å². The SMILES string of the molecule is CCCC1CCC(NC)C(Cc2ccc3c(c2)CCC3)C1. The van der Waals surface area contributed by atoms with Crippen LogP contribution in [0.25, 0.3) is 0 Å². The van der Waals surface area contributed by atoms with Crippen LogP contribution in [0.15, 0.2) is 18.2 Å². The quantitative estimate of drug-likeness (QED) is 0.838. The fraction of sp³-hybridized carbons (Fsp3) is 0.700. The maximum absolute atomic E-state index is 3.59. The van der Waals surface area contributed by atoms with Gasteiger partial charge >= 0.3 is 0 Å². The van der Waals surface area contributed by atoms with E-state index < -0.39 is 0 Å². The van der Waals surface area contributed by atoms with Gasteiger partial charge in [-0.3, -0.25) is 0 Å². The summed E-state index contributed by atoms with van der Waals surface area (Å²) in [5.74, 6) is 1.80. The van der Waals surface area contributed by atoms with E-state index in [0.717, 1.165) is 17.9 Å². The molecule has 1 aromatic rings. The third-order valence-electron chi connectivity index (χ3n) is 5.82. The average Bonchev–Trinajstić information content (AvgIpc) is 2.95. The molecule has 3 rings (SSSR count). The van der Waals surface area contributed by atoms with Crippen LogP contribution in [0, 0.1) is 11.8 Å². The average molecular weight is 285 g/mol. The Labute approximate surface area is 130 Å². The van der Waals surface area contributed by atoms with Gasteiger partial charge in [-0.25, -0.2) is 0 Å². The Kier molecular flexibility index (Phi) is 5.00. The highest BCUT2D eigenvalue weighted by Gasteiger charge is 2.29. The van der Waals surface area contributed by atoms with Crippen molar-refractivity contribution in [3.63, 3.8) is 0 Å². The van der Waals surface area contributed by atoms with E-state index in [1.54, 1.807) is 16.7 Å². The van der Waals surface area contributed by atoms with Crippen LogP contribution in [0.2, 0.25) is 0 Å². The molecule has 0 amide bonds. The molecule has 1 aromatic carbocycles. The van der Waals surface area contributed by atoms with E-state index in [1.165, 1.54) is 57.8 Å². The van der Waals surface area contributed by atoms with E-state index >= 15 is 0 Å². The van der Waals surface area contributed by atoms with Crippen LogP contribution in [0.4, 0.5) is 0 Å². The smallest absolute Gasteiger partial charge is 0.00957 e. The topological polar surface area (TPSA) is 12.0 Å². The number of benzene rings is 1. The third kappa shape index (κ3) is 3.51. The Morgan fingerprint density at radius 2 is 2.00 bits per heavy atom. The molecule has 2 aliphatic carbocycles. The summed E-state index contributed by atoms with van der Waals surface area (Å²) < 4.78 is 0. The lowest BCUT2D eigenvalue weighted by Gasteiger charge is -2.36. The maximum atomic E-state index is 3.59. The Morgan fingerprint density at radius 3 is 2.81 bits per heavy atom. The van der Waals surface area contributed by atoms with Crippen molar-refractivity contribution in [2.75, 3.05) is 7.05 Å². The van der Waals surface area contributed by atoms with Gasteiger partial charge in [0.15, 0.2) is 0 Å². The number of aryl methyl sites for hydroxylation is 2. The zero-order valence-electron chi connectivity index (χ0n) is 13.8. The number of nitrogens with one attached hydrogen (secondary N) is 1. The molecule has 0 heterocycles. The summed E-state index contributed by atoms with van der Waals surface area (Å²) in [5, 5.41) is 3.59. The van der Waals surface area contributed by atoms with E-state index in [4.69, 9.17) is 0 Å². The fourth-order valence-corrected chi connectivity index (χ4v) is 4.69. The maximum Gasteiger partial charge on any atom is 0.00957 e. The molecule has 0 radical (unpaired) electrons. The van der Waals surface area contributed by atoms with Crippen LogP contribution in [0.1, 0.15) is 62.1 Å². The van der Waals surface area contributed by atoms with E-state index in [9.17, 15) is 0 Å². The highest BCUT2D eigenvalue weighted by molar-refractivity contribution is 5.35. The Hall–Kier alpha value is -0.820. The van der Waals surface area contributed by atoms with Crippen molar-refractivity contribution in [3.8, 4) is 0 Å². The van der Waals surface area contributed by atoms with E-state index in [1.807, 2.05) is 0 Å². The number of hydrogen-bond donors (Lipinski definition) is 1. The highest BCUT2D eigenvalue weighted by atomic mass is 14.9. The van der Waals surface area contributed by atoms with E-state index in [0.29, 0.717) is 0 Å². The van der Waals surface area contributed by atoms with Gasteiger partial charge in [-0.05, 0) is 80.5 Å². The first-order valence-electron chi connectivity index (χ1n) is 9.08. The van der Waals surface area contributed by atoms with Crippen LogP contribution in [-0.4, -0.2) is 13.1 Å². The van der Waals surface area contributed by atoms with Gasteiger partial charge in [0.25, 0.3) is 0 Å². The first-order valence-corrected chi connectivity index (χ1v) is 9.08. The molecule has 1 N–H and O–H groups in total. The summed E-state index contributed by atoms with van der Waals surface area (Å²) in [6, 6.07) is 8.04. The lowest BCUT2D eigenvalue weighted by molar-refractivity contribution is 0.200. The summed E-state index contributed by atoms with van der Waals surface area (Å²) in [5.41, 5.74) is 4.82. The lowest BCUT2D eigenvalue weighted by Crippen LogP contribution is -2.39. The zero-order valence-corrected chi connectivity index (χ0v) is 13.8. The van der Waals surface area contributed by atoms with Crippen molar-refractivity contribution in [2.24, 2.45) is 11.8 Å². The predicted molar refractivity (Wildman–Crippen MR) is 90.8 cm³/mol. The van der Waals surface area contributed by atoms with Gasteiger partial charge in [0, 0.05) is 6.04 Å². The molecule has 3 unspecified atom stereocenters. The first-order chi connectivity index (χ1) is 10.3. The molecule has 0 bridgehead atoms. The zero-order chi connectivity index (χ0) is 14.7. The van der Waals surface area contributed by atoms with E-state index in [2.05, 4.69) is 37.5 Å². The van der Waals surface area contributed by atoms with Crippen molar-refractivity contribution in [1.82, 2.24) is 5.32 Å². The van der Waals surface area contributed by atoms with Crippen molar-refractivity contribution < 1.29 is 0 Å². The van der Waals surface area contributed by atoms with Crippen LogP contribution in [0.5, 0.6) is 0 Å². The Balaban J connectivity index is 1.68. The molecule has 0 aromatic heterocycles. The highest BCUT2D eigenvalue weighted by Crippen LogP contribution is 2.34. The molecule has 0 saturated heterocycles. The molecule has 21 heavy (non-hydrogen) atoms. The first kappa shape index (κ1) is 15.1. The van der Waals surface area contributed by atoms with Crippen molar-refractivity contribution in [2.45, 2.75) is 70.8 Å². The van der Waals surface area contributed by atoms with Gasteiger partial charge in [-0.2, -0.15) is 0 Å². The molecule has 0 aliphatic heterocycles. The normalized spacial score (nSPS) is 28.6. The summed E-state index contributed by atoms with van der Waals surface area (Å²) in [4.78, 5) is 0. The molecular formula is C20H31N. The lowest BCUT2D eigenvalue weighted by atomic mass is 9.74. The van der Waals surface area contributed by atoms with E-state index in [-0.39, 0.29) is 0 Å². The van der Waals surface area contributed by atoms with Gasteiger partial charge in [0.05, 0.1) is 0 Å². The molecule has 1 fully saturated rings. The Bertz CT molecular complexity index is 465. The van der Waals surface area contributed by atoms with Crippen molar-refractivity contribution in [1.29, 1.82) is 0 Å². The molecule has 1 nitrogen and oxygen atoms in total. The Morgan fingerprint density at radius 1 is 1.14 bits per heavy atom. The predicted octanol–water partition coefficient (Wildman–Crippen LogP) is 4.52. The minimum absolute atomic E-state index is 0.728. The van der Waals surface area contributed by atoms with Gasteiger partial charge in [-0.1, -0.05) is 38.0 Å². The summed E-state index contributed by atoms with van der Waals surface area (Å²) in [6.45, 7) is 2.33. The van der Waals surface area contributed by atoms with Crippen molar-refractivity contribution >= 4 is 0 Å². The minimum atomic E-state index is 0.728. The van der Waals surface area contributed by atoms with Gasteiger partial charge < -0.3 is 5.32 Å². The summed E-state index contributed by atoms with van der Waals surface area (Å²) in [7, 11) is 2.15. The van der Waals surface area contributed by atoms with Crippen LogP contribution < -0.4 is 5.32 Å². The molecule has 116 valence electrons. The molecular weight excluding hydrogens is 254 g/mol. The molecule has 0 spiro atoms. The summed E-state index contributed by atoms with van der Waals surface area (Å²) in [6.07, 6.45) is 12.3. The van der Waals surface area contributed by atoms with Gasteiger partial charge in [0.2, 0.25) is 0 Å². The molecule has 2 aliphatic rings. The number of fused-ring (bicyclic) bond motifs is 1. The van der Waals surface area contributed by atoms with Gasteiger partial charge in [-0.15, -0.1) is 0 Å². The van der Waals surface area contributed by atoms with Crippen molar-refractivity contribution in [3.05, 3.63) is 34.9 Å². The largest absolute Gasteiger partial charge is 0.317 e. The second-order valence-corrected chi connectivity index (χ2v) is 7.28. The fourth-order valence-electron chi connectivity index (χ4n) is 4.69. The standard InChI is InChI=1S/C20H31N/c1-3-5-15-9-11-20(21-2)19(12-15)14-16-8-10-17-6-4-7-18(17)13-16/h8,10,13,15,19-21H,3-7,9,11-12,14H2,1-2H3. The monoisotopic (exact) mass is 285 g/mol. The second kappa shape index (κ2) is 6.96. The second-order valence-electron chi connectivity index (χ2n) is 7.28. The molecule has 1 heteroatoms. The van der Waals surface area contributed by atoms with Crippen LogP contribution >= 0.6 is 0 Å². The third-order valence-corrected chi connectivity index (χ3v) is 5.82. The minimum Gasteiger partial charge on any atom is -0.317 e. The number of rotatable bonds is 5. The summed E-state index contributed by atoms with van der Waals surface area (Å²) >= 11 is 0. The molecule has 3 atom stereocenters. The number of hydrogen-bond acceptors (Lipinski definition) is 1. The molecule has 1 saturated carbocycles. The van der Waals surface area contributed by atoms with Gasteiger partial charge in [0.1, 0.15) is 0 Å². The van der Waals surface area contributed by atoms with Crippen LogP contribution in [-0.2, 0) is 19.3 Å².